The molecule has 0 spiro atoms. The van der Waals surface area contributed by atoms with Gasteiger partial charge in [-0.1, -0.05) is 24.4 Å². The Labute approximate surface area is 112 Å². The molecule has 2 aromatic rings. The van der Waals surface area contributed by atoms with E-state index in [1.165, 1.54) is 11.1 Å². The Morgan fingerprint density at radius 3 is 2.61 bits per heavy atom. The first kappa shape index (κ1) is 12.5. The Kier molecular flexibility index (Phi) is 3.58. The molecule has 0 unspecified atom stereocenters. The summed E-state index contributed by atoms with van der Waals surface area (Å²) in [5.41, 5.74) is 9.84. The lowest BCUT2D eigenvalue weighted by Crippen LogP contribution is -2.09. The molecule has 3 N–H and O–H groups in total. The van der Waals surface area contributed by atoms with E-state index in [0.717, 1.165) is 17.1 Å². The highest BCUT2D eigenvalue weighted by atomic mass is 32.1. The maximum absolute atomic E-state index is 5.53. The molecular formula is C14H15N3S. The molecule has 92 valence electrons. The van der Waals surface area contributed by atoms with Crippen molar-refractivity contribution >= 4 is 28.7 Å². The first-order valence-corrected chi connectivity index (χ1v) is 6.08. The van der Waals surface area contributed by atoms with Crippen LogP contribution in [0.5, 0.6) is 0 Å². The number of nitrogens with two attached hydrogens (primary N) is 1. The van der Waals surface area contributed by atoms with E-state index in [1.54, 1.807) is 6.20 Å². The maximum atomic E-state index is 5.53. The fourth-order valence-corrected chi connectivity index (χ4v) is 1.76. The number of nitrogens with one attached hydrogen (secondary N) is 1. The van der Waals surface area contributed by atoms with Crippen LogP contribution in [0.1, 0.15) is 16.7 Å². The van der Waals surface area contributed by atoms with Gasteiger partial charge in [0.2, 0.25) is 0 Å². The SMILES string of the molecule is Cc1cccc(Nc2ccc(C(N)=S)cn2)c1C. The van der Waals surface area contributed by atoms with Crippen molar-refractivity contribution < 1.29 is 0 Å². The Morgan fingerprint density at radius 2 is 2.00 bits per heavy atom. The average molecular weight is 257 g/mol. The van der Waals surface area contributed by atoms with Gasteiger partial charge in [0.15, 0.2) is 0 Å². The number of anilines is 2. The van der Waals surface area contributed by atoms with Gasteiger partial charge in [0.1, 0.15) is 10.8 Å². The lowest BCUT2D eigenvalue weighted by molar-refractivity contribution is 1.27. The topological polar surface area (TPSA) is 50.9 Å². The van der Waals surface area contributed by atoms with Gasteiger partial charge in [-0.2, -0.15) is 0 Å². The number of benzene rings is 1. The number of thiocarbonyl (C=S) groups is 1. The van der Waals surface area contributed by atoms with Gasteiger partial charge in [0.05, 0.1) is 0 Å². The molecular weight excluding hydrogens is 242 g/mol. The van der Waals surface area contributed by atoms with Crippen molar-refractivity contribution in [1.82, 2.24) is 4.98 Å². The van der Waals surface area contributed by atoms with E-state index < -0.39 is 0 Å². The normalized spacial score (nSPS) is 10.1. The third-order valence-electron chi connectivity index (χ3n) is 2.92. The number of aromatic nitrogens is 1. The van der Waals surface area contributed by atoms with Crippen LogP contribution in [0.2, 0.25) is 0 Å². The average Bonchev–Trinajstić information content (AvgIpc) is 2.36. The van der Waals surface area contributed by atoms with E-state index in [1.807, 2.05) is 24.3 Å². The molecule has 0 aliphatic heterocycles. The molecule has 18 heavy (non-hydrogen) atoms. The minimum atomic E-state index is 0.362. The minimum Gasteiger partial charge on any atom is -0.389 e. The molecule has 0 aliphatic rings. The van der Waals surface area contributed by atoms with E-state index in [4.69, 9.17) is 18.0 Å². The number of hydrogen-bond acceptors (Lipinski definition) is 3. The Balaban J connectivity index is 2.24. The fraction of sp³-hybridized carbons (Fsp3) is 0.143. The number of hydrogen-bond donors (Lipinski definition) is 2. The third kappa shape index (κ3) is 2.65. The highest BCUT2D eigenvalue weighted by Crippen LogP contribution is 2.21. The van der Waals surface area contributed by atoms with Crippen molar-refractivity contribution in [2.75, 3.05) is 5.32 Å². The zero-order valence-electron chi connectivity index (χ0n) is 10.4. The molecule has 0 aliphatic carbocycles. The van der Waals surface area contributed by atoms with Crippen molar-refractivity contribution in [3.05, 3.63) is 53.2 Å². The van der Waals surface area contributed by atoms with Crippen molar-refractivity contribution in [3.8, 4) is 0 Å². The standard InChI is InChI=1S/C14H15N3S/c1-9-4-3-5-12(10(9)2)17-13-7-6-11(8-16-13)14(15)18/h3-8H,1-2H3,(H2,15,18)(H,16,17). The highest BCUT2D eigenvalue weighted by molar-refractivity contribution is 7.80. The molecule has 0 radical (unpaired) electrons. The van der Waals surface area contributed by atoms with E-state index >= 15 is 0 Å². The third-order valence-corrected chi connectivity index (χ3v) is 3.15. The molecule has 3 nitrogen and oxygen atoms in total. The zero-order chi connectivity index (χ0) is 13.1. The lowest BCUT2D eigenvalue weighted by Gasteiger charge is -2.10. The molecule has 4 heteroatoms. The summed E-state index contributed by atoms with van der Waals surface area (Å²) < 4.78 is 0. The smallest absolute Gasteiger partial charge is 0.130 e. The Bertz CT molecular complexity index is 576. The van der Waals surface area contributed by atoms with E-state index in [9.17, 15) is 0 Å². The van der Waals surface area contributed by atoms with E-state index in [2.05, 4.69) is 30.2 Å². The van der Waals surface area contributed by atoms with Crippen molar-refractivity contribution in [2.45, 2.75) is 13.8 Å². The van der Waals surface area contributed by atoms with Crippen LogP contribution in [0.3, 0.4) is 0 Å². The number of rotatable bonds is 3. The molecule has 1 aromatic heterocycles. The molecule has 2 rings (SSSR count). The van der Waals surface area contributed by atoms with Gasteiger partial charge in [0.25, 0.3) is 0 Å². The van der Waals surface area contributed by atoms with E-state index in [-0.39, 0.29) is 0 Å². The van der Waals surface area contributed by atoms with Crippen LogP contribution in [0.4, 0.5) is 11.5 Å². The molecule has 0 saturated heterocycles. The van der Waals surface area contributed by atoms with Crippen molar-refractivity contribution in [2.24, 2.45) is 5.73 Å². The monoisotopic (exact) mass is 257 g/mol. The van der Waals surface area contributed by atoms with Crippen LogP contribution in [0, 0.1) is 13.8 Å². The Morgan fingerprint density at radius 1 is 1.22 bits per heavy atom. The fourth-order valence-electron chi connectivity index (χ4n) is 1.64. The molecule has 1 aromatic carbocycles. The predicted octanol–water partition coefficient (Wildman–Crippen LogP) is 3.08. The summed E-state index contributed by atoms with van der Waals surface area (Å²) in [7, 11) is 0. The van der Waals surface area contributed by atoms with E-state index in [0.29, 0.717) is 4.99 Å². The largest absolute Gasteiger partial charge is 0.389 e. The summed E-state index contributed by atoms with van der Waals surface area (Å²) in [6, 6.07) is 9.88. The van der Waals surface area contributed by atoms with Crippen LogP contribution < -0.4 is 11.1 Å². The first-order valence-electron chi connectivity index (χ1n) is 5.67. The van der Waals surface area contributed by atoms with Gasteiger partial charge in [0, 0.05) is 17.4 Å². The second-order valence-corrected chi connectivity index (χ2v) is 4.61. The van der Waals surface area contributed by atoms with Gasteiger partial charge in [-0.25, -0.2) is 4.98 Å². The molecule has 0 amide bonds. The van der Waals surface area contributed by atoms with Gasteiger partial charge < -0.3 is 11.1 Å². The summed E-state index contributed by atoms with van der Waals surface area (Å²) in [6.07, 6.45) is 1.68. The summed E-state index contributed by atoms with van der Waals surface area (Å²) >= 11 is 4.89. The van der Waals surface area contributed by atoms with Crippen LogP contribution in [0.15, 0.2) is 36.5 Å². The molecule has 0 saturated carbocycles. The molecule has 0 bridgehead atoms. The van der Waals surface area contributed by atoms with Crippen LogP contribution >= 0.6 is 12.2 Å². The highest BCUT2D eigenvalue weighted by Gasteiger charge is 2.02. The van der Waals surface area contributed by atoms with Crippen molar-refractivity contribution in [1.29, 1.82) is 0 Å². The van der Waals surface area contributed by atoms with Crippen LogP contribution in [-0.2, 0) is 0 Å². The first-order chi connectivity index (χ1) is 8.58. The lowest BCUT2D eigenvalue weighted by atomic mass is 10.1. The Hall–Kier alpha value is -1.94. The van der Waals surface area contributed by atoms with Crippen LogP contribution in [0.25, 0.3) is 0 Å². The molecule has 1 heterocycles. The van der Waals surface area contributed by atoms with Gasteiger partial charge >= 0.3 is 0 Å². The van der Waals surface area contributed by atoms with Gasteiger partial charge in [-0.3, -0.25) is 0 Å². The van der Waals surface area contributed by atoms with Gasteiger partial charge in [-0.15, -0.1) is 0 Å². The quantitative estimate of drug-likeness (QED) is 0.830. The number of aryl methyl sites for hydroxylation is 1. The second kappa shape index (κ2) is 5.14. The minimum absolute atomic E-state index is 0.362. The summed E-state index contributed by atoms with van der Waals surface area (Å²) in [5.74, 6) is 0.781. The maximum Gasteiger partial charge on any atom is 0.130 e. The number of pyridine rings is 1. The molecule has 0 atom stereocenters. The zero-order valence-corrected chi connectivity index (χ0v) is 11.2. The predicted molar refractivity (Wildman–Crippen MR) is 79.3 cm³/mol. The van der Waals surface area contributed by atoms with Crippen molar-refractivity contribution in [3.63, 3.8) is 0 Å². The van der Waals surface area contributed by atoms with Gasteiger partial charge in [-0.05, 0) is 43.2 Å². The summed E-state index contributed by atoms with van der Waals surface area (Å²) in [6.45, 7) is 4.17. The summed E-state index contributed by atoms with van der Waals surface area (Å²) in [5, 5.41) is 3.28. The second-order valence-electron chi connectivity index (χ2n) is 4.17. The summed E-state index contributed by atoms with van der Waals surface area (Å²) in [4.78, 5) is 4.65. The van der Waals surface area contributed by atoms with Crippen LogP contribution in [-0.4, -0.2) is 9.97 Å². The molecule has 0 fully saturated rings. The number of nitrogens with zero attached hydrogens (tertiary/aromatic N) is 1.